The second-order valence-electron chi connectivity index (χ2n) is 8.05. The van der Waals surface area contributed by atoms with E-state index in [2.05, 4.69) is 20.7 Å². The van der Waals surface area contributed by atoms with E-state index in [0.29, 0.717) is 26.6 Å². The molecule has 10 nitrogen and oxygen atoms in total. The summed E-state index contributed by atoms with van der Waals surface area (Å²) in [4.78, 5) is 24.0. The Labute approximate surface area is 244 Å². The predicted molar refractivity (Wildman–Crippen MR) is 154 cm³/mol. The number of nitrogens with zero attached hydrogens (tertiary/aromatic N) is 4. The maximum absolute atomic E-state index is 12.6. The number of carbonyl (C=O) groups is 2. The number of amides is 1. The molecule has 0 saturated carbocycles. The summed E-state index contributed by atoms with van der Waals surface area (Å²) in [7, 11) is 2.87. The summed E-state index contributed by atoms with van der Waals surface area (Å²) in [5.41, 5.74) is 4.62. The Hall–Kier alpha value is -4.06. The van der Waals surface area contributed by atoms with Crippen LogP contribution >= 0.6 is 35.0 Å². The predicted octanol–water partition coefficient (Wildman–Crippen LogP) is 5.43. The topological polar surface area (TPSA) is 117 Å². The number of hydrogen-bond acceptors (Lipinski definition) is 9. The number of aromatic nitrogens is 3. The molecule has 0 bridgehead atoms. The highest BCUT2D eigenvalue weighted by molar-refractivity contribution is 7.99. The summed E-state index contributed by atoms with van der Waals surface area (Å²) >= 11 is 13.3. The first kappa shape index (κ1) is 28.9. The molecule has 0 aliphatic rings. The molecule has 3 aromatic carbocycles. The number of carbonyl (C=O) groups excluding carboxylic acids is 2. The van der Waals surface area contributed by atoms with Crippen molar-refractivity contribution in [2.75, 3.05) is 20.0 Å². The minimum atomic E-state index is -0.519. The van der Waals surface area contributed by atoms with E-state index in [-0.39, 0.29) is 28.9 Å². The van der Waals surface area contributed by atoms with Gasteiger partial charge < -0.3 is 14.2 Å². The third-order valence-electron chi connectivity index (χ3n) is 5.28. The minimum absolute atomic E-state index is 0.0156. The first-order valence-corrected chi connectivity index (χ1v) is 13.4. The maximum Gasteiger partial charge on any atom is 0.308 e. The van der Waals surface area contributed by atoms with Gasteiger partial charge in [-0.1, -0.05) is 35.0 Å². The van der Waals surface area contributed by atoms with Crippen LogP contribution in [0, 0.1) is 0 Å². The lowest BCUT2D eigenvalue weighted by Gasteiger charge is -2.13. The van der Waals surface area contributed by atoms with Gasteiger partial charge in [0.25, 0.3) is 5.91 Å². The number of nitrogens with one attached hydrogen (secondary N) is 1. The van der Waals surface area contributed by atoms with Crippen LogP contribution in [0.25, 0.3) is 17.1 Å². The summed E-state index contributed by atoms with van der Waals surface area (Å²) in [5, 5.41) is 14.4. The molecule has 1 aromatic heterocycles. The molecule has 4 aromatic rings. The minimum Gasteiger partial charge on any atom is -0.493 e. The zero-order valence-electron chi connectivity index (χ0n) is 21.6. The van der Waals surface area contributed by atoms with Crippen molar-refractivity contribution in [1.82, 2.24) is 20.2 Å². The Balaban J connectivity index is 1.48. The van der Waals surface area contributed by atoms with Crippen molar-refractivity contribution in [1.29, 1.82) is 0 Å². The SMILES string of the molecule is COc1cc(/C=N\NC(=O)CSc2nnc(-c3ccc(Cl)cc3)n2-c2ccc(Cl)cc2)cc(OC)c1OC(C)=O. The first-order chi connectivity index (χ1) is 19.3. The summed E-state index contributed by atoms with van der Waals surface area (Å²) < 4.78 is 17.6. The zero-order chi connectivity index (χ0) is 28.6. The largest absolute Gasteiger partial charge is 0.493 e. The number of rotatable bonds is 10. The summed E-state index contributed by atoms with van der Waals surface area (Å²) in [6, 6.07) is 17.6. The van der Waals surface area contributed by atoms with E-state index in [1.165, 1.54) is 39.1 Å². The van der Waals surface area contributed by atoms with Gasteiger partial charge in [-0.25, -0.2) is 5.43 Å². The molecule has 1 amide bonds. The zero-order valence-corrected chi connectivity index (χ0v) is 23.9. The normalized spacial score (nSPS) is 10.9. The molecule has 40 heavy (non-hydrogen) atoms. The van der Waals surface area contributed by atoms with Gasteiger partial charge in [0.2, 0.25) is 5.75 Å². The van der Waals surface area contributed by atoms with E-state index in [1.54, 1.807) is 36.4 Å². The van der Waals surface area contributed by atoms with Crippen molar-refractivity contribution < 1.29 is 23.8 Å². The molecule has 0 aliphatic carbocycles. The van der Waals surface area contributed by atoms with Crippen LogP contribution in [-0.4, -0.2) is 52.8 Å². The highest BCUT2D eigenvalue weighted by atomic mass is 35.5. The van der Waals surface area contributed by atoms with E-state index in [0.717, 1.165) is 11.3 Å². The molecule has 0 fully saturated rings. The van der Waals surface area contributed by atoms with E-state index in [9.17, 15) is 9.59 Å². The van der Waals surface area contributed by atoms with Crippen LogP contribution in [0.4, 0.5) is 0 Å². The fourth-order valence-electron chi connectivity index (χ4n) is 3.53. The van der Waals surface area contributed by atoms with Crippen molar-refractivity contribution in [2.24, 2.45) is 5.10 Å². The van der Waals surface area contributed by atoms with Gasteiger partial charge >= 0.3 is 5.97 Å². The number of esters is 1. The van der Waals surface area contributed by atoms with Crippen LogP contribution in [0.15, 0.2) is 70.9 Å². The standard InChI is InChI=1S/C27H23Cl2N5O5S/c1-16(35)39-25-22(37-2)12-17(13-23(25)38-3)14-30-31-24(36)15-40-27-33-32-26(18-4-6-19(28)7-5-18)34(27)21-10-8-20(29)9-11-21/h4-14H,15H2,1-3H3,(H,31,36)/b30-14-. The number of ether oxygens (including phenoxy) is 3. The summed E-state index contributed by atoms with van der Waals surface area (Å²) in [5.74, 6) is 0.414. The van der Waals surface area contributed by atoms with Gasteiger partial charge in [0.15, 0.2) is 22.5 Å². The maximum atomic E-state index is 12.6. The van der Waals surface area contributed by atoms with Gasteiger partial charge in [-0.2, -0.15) is 5.10 Å². The molecule has 0 radical (unpaired) electrons. The molecule has 0 saturated heterocycles. The van der Waals surface area contributed by atoms with Crippen molar-refractivity contribution in [2.45, 2.75) is 12.1 Å². The monoisotopic (exact) mass is 599 g/mol. The van der Waals surface area contributed by atoms with Crippen LogP contribution in [0.5, 0.6) is 17.2 Å². The number of hydrazone groups is 1. The second kappa shape index (κ2) is 13.3. The van der Waals surface area contributed by atoms with Crippen LogP contribution in [0.2, 0.25) is 10.0 Å². The summed E-state index contributed by atoms with van der Waals surface area (Å²) in [6.07, 6.45) is 1.42. The molecule has 1 N–H and O–H groups in total. The lowest BCUT2D eigenvalue weighted by atomic mass is 10.2. The number of benzene rings is 3. The van der Waals surface area contributed by atoms with Crippen molar-refractivity contribution in [3.05, 3.63) is 76.3 Å². The highest BCUT2D eigenvalue weighted by Gasteiger charge is 2.18. The van der Waals surface area contributed by atoms with Crippen LogP contribution in [0.1, 0.15) is 12.5 Å². The summed E-state index contributed by atoms with van der Waals surface area (Å²) in [6.45, 7) is 1.28. The molecule has 0 atom stereocenters. The van der Waals surface area contributed by atoms with Crippen LogP contribution < -0.4 is 19.6 Å². The molecular formula is C27H23Cl2N5O5S. The fourth-order valence-corrected chi connectivity index (χ4v) is 4.53. The van der Waals surface area contributed by atoms with Gasteiger partial charge in [-0.05, 0) is 60.7 Å². The molecular weight excluding hydrogens is 577 g/mol. The Kier molecular flexibility index (Phi) is 9.65. The smallest absolute Gasteiger partial charge is 0.308 e. The van der Waals surface area contributed by atoms with E-state index in [4.69, 9.17) is 37.4 Å². The Morgan fingerprint density at radius 3 is 2.15 bits per heavy atom. The molecule has 1 heterocycles. The number of methoxy groups -OCH3 is 2. The second-order valence-corrected chi connectivity index (χ2v) is 9.87. The Morgan fingerprint density at radius 2 is 1.57 bits per heavy atom. The molecule has 0 spiro atoms. The lowest BCUT2D eigenvalue weighted by molar-refractivity contribution is -0.132. The van der Waals surface area contributed by atoms with Gasteiger partial charge in [0.05, 0.1) is 26.2 Å². The third-order valence-corrected chi connectivity index (χ3v) is 6.72. The van der Waals surface area contributed by atoms with E-state index < -0.39 is 5.97 Å². The first-order valence-electron chi connectivity index (χ1n) is 11.7. The molecule has 206 valence electrons. The molecule has 0 aliphatic heterocycles. The van der Waals surface area contributed by atoms with E-state index in [1.807, 2.05) is 28.8 Å². The van der Waals surface area contributed by atoms with Crippen molar-refractivity contribution >= 4 is 53.1 Å². The van der Waals surface area contributed by atoms with Gasteiger partial charge in [-0.15, -0.1) is 10.2 Å². The molecule has 0 unspecified atom stereocenters. The quantitative estimate of drug-likeness (QED) is 0.0843. The van der Waals surface area contributed by atoms with E-state index >= 15 is 0 Å². The fraction of sp³-hybridized carbons (Fsp3) is 0.148. The van der Waals surface area contributed by atoms with Crippen LogP contribution in [0.3, 0.4) is 0 Å². The van der Waals surface area contributed by atoms with Crippen LogP contribution in [-0.2, 0) is 9.59 Å². The Morgan fingerprint density at radius 1 is 0.975 bits per heavy atom. The number of halogens is 2. The molecule has 13 heteroatoms. The average Bonchev–Trinajstić information content (AvgIpc) is 3.36. The lowest BCUT2D eigenvalue weighted by Crippen LogP contribution is -2.20. The third kappa shape index (κ3) is 7.12. The van der Waals surface area contributed by atoms with Crippen molar-refractivity contribution in [3.8, 4) is 34.3 Å². The van der Waals surface area contributed by atoms with Gasteiger partial charge in [-0.3, -0.25) is 14.2 Å². The highest BCUT2D eigenvalue weighted by Crippen LogP contribution is 2.38. The number of thioether (sulfide) groups is 1. The van der Waals surface area contributed by atoms with Gasteiger partial charge in [0.1, 0.15) is 0 Å². The molecule has 4 rings (SSSR count). The van der Waals surface area contributed by atoms with Gasteiger partial charge in [0, 0.05) is 33.8 Å². The average molecular weight is 600 g/mol. The van der Waals surface area contributed by atoms with Crippen molar-refractivity contribution in [3.63, 3.8) is 0 Å². The number of hydrogen-bond donors (Lipinski definition) is 1. The Bertz CT molecular complexity index is 1520.